The number of aromatic amines is 1. The highest BCUT2D eigenvalue weighted by molar-refractivity contribution is 6.04. The van der Waals surface area contributed by atoms with Gasteiger partial charge in [0.2, 0.25) is 0 Å². The smallest absolute Gasteiger partial charge is 0.354 e. The zero-order valence-electron chi connectivity index (χ0n) is 19.6. The van der Waals surface area contributed by atoms with Gasteiger partial charge in [0.25, 0.3) is 11.6 Å². The molecule has 2 N–H and O–H groups in total. The molecule has 0 saturated carbocycles. The van der Waals surface area contributed by atoms with Crippen LogP contribution in [0, 0.1) is 10.1 Å². The lowest BCUT2D eigenvalue weighted by atomic mass is 9.91. The first-order chi connectivity index (χ1) is 15.8. The molecule has 33 heavy (non-hydrogen) atoms. The number of H-pyrrole nitrogens is 1. The summed E-state index contributed by atoms with van der Waals surface area (Å²) in [5.74, 6) is -0.603. The van der Waals surface area contributed by atoms with Gasteiger partial charge < -0.3 is 15.0 Å². The Balaban J connectivity index is 2.40. The van der Waals surface area contributed by atoms with E-state index in [4.69, 9.17) is 4.74 Å². The minimum Gasteiger partial charge on any atom is -0.464 e. The molecular formula is C25H29N3O5. The summed E-state index contributed by atoms with van der Waals surface area (Å²) in [4.78, 5) is 39.3. The van der Waals surface area contributed by atoms with Crippen LogP contribution in [0.3, 0.4) is 0 Å². The average Bonchev–Trinajstić information content (AvgIpc) is 3.35. The number of nitrogens with zero attached hydrogens (tertiary/aromatic N) is 1. The van der Waals surface area contributed by atoms with Gasteiger partial charge in [0, 0.05) is 23.3 Å². The molecule has 3 rings (SSSR count). The van der Waals surface area contributed by atoms with Gasteiger partial charge in [-0.25, -0.2) is 4.79 Å². The number of non-ortho nitro benzene ring substituents is 1. The van der Waals surface area contributed by atoms with E-state index in [1.807, 2.05) is 27.7 Å². The highest BCUT2D eigenvalue weighted by Crippen LogP contribution is 2.38. The summed E-state index contributed by atoms with van der Waals surface area (Å²) in [5, 5.41) is 14.2. The molecule has 0 atom stereocenters. The second-order valence-corrected chi connectivity index (χ2v) is 7.70. The number of nitrogens with one attached hydrogen (secondary N) is 2. The molecule has 0 fully saturated rings. The lowest BCUT2D eigenvalue weighted by molar-refractivity contribution is -0.384. The molecule has 0 bridgehead atoms. The van der Waals surface area contributed by atoms with E-state index in [0.29, 0.717) is 53.9 Å². The first kappa shape index (κ1) is 24.0. The van der Waals surface area contributed by atoms with Gasteiger partial charge >= 0.3 is 5.97 Å². The van der Waals surface area contributed by atoms with E-state index in [-0.39, 0.29) is 11.6 Å². The number of nitro benzene ring substituents is 1. The molecule has 0 saturated heterocycles. The molecule has 1 aromatic carbocycles. The summed E-state index contributed by atoms with van der Waals surface area (Å²) in [5.41, 5.74) is 6.60. The predicted octanol–water partition coefficient (Wildman–Crippen LogP) is 4.84. The van der Waals surface area contributed by atoms with Gasteiger partial charge in [-0.3, -0.25) is 14.9 Å². The van der Waals surface area contributed by atoms with E-state index in [1.54, 1.807) is 12.1 Å². The summed E-state index contributed by atoms with van der Waals surface area (Å²) in [7, 11) is 1.34. The van der Waals surface area contributed by atoms with Gasteiger partial charge in [0.05, 0.1) is 23.4 Å². The quantitative estimate of drug-likeness (QED) is 0.339. The van der Waals surface area contributed by atoms with Crippen molar-refractivity contribution in [3.05, 3.63) is 79.3 Å². The molecule has 8 heteroatoms. The summed E-state index contributed by atoms with van der Waals surface area (Å²) in [6.45, 7) is 7.91. The second kappa shape index (κ2) is 9.85. The van der Waals surface area contributed by atoms with Gasteiger partial charge in [0.15, 0.2) is 0 Å². The van der Waals surface area contributed by atoms with Crippen LogP contribution in [0.1, 0.15) is 73.4 Å². The van der Waals surface area contributed by atoms with Crippen LogP contribution in [0.4, 0.5) is 5.69 Å². The maximum absolute atomic E-state index is 12.8. The molecule has 1 aliphatic rings. The largest absolute Gasteiger partial charge is 0.464 e. The molecule has 1 amide bonds. The highest BCUT2D eigenvalue weighted by Gasteiger charge is 2.31. The fourth-order valence-corrected chi connectivity index (χ4v) is 4.54. The first-order valence-electron chi connectivity index (χ1n) is 11.2. The number of methoxy groups -OCH3 is 1. The van der Waals surface area contributed by atoms with Crippen LogP contribution in [0.15, 0.2) is 41.1 Å². The van der Waals surface area contributed by atoms with Crippen LogP contribution < -0.4 is 5.32 Å². The van der Waals surface area contributed by atoms with E-state index >= 15 is 0 Å². The summed E-state index contributed by atoms with van der Waals surface area (Å²) < 4.78 is 5.00. The van der Waals surface area contributed by atoms with Crippen molar-refractivity contribution in [1.82, 2.24) is 10.3 Å². The van der Waals surface area contributed by atoms with Crippen LogP contribution in [-0.2, 0) is 22.4 Å². The first-order valence-corrected chi connectivity index (χ1v) is 11.2. The van der Waals surface area contributed by atoms with E-state index in [0.717, 1.165) is 22.3 Å². The Labute approximate surface area is 192 Å². The molecule has 2 heterocycles. The zero-order valence-corrected chi connectivity index (χ0v) is 19.6. The monoisotopic (exact) mass is 451 g/mol. The number of benzene rings is 1. The molecule has 0 unspecified atom stereocenters. The van der Waals surface area contributed by atoms with Crippen molar-refractivity contribution in [3.63, 3.8) is 0 Å². The van der Waals surface area contributed by atoms with Gasteiger partial charge in [0.1, 0.15) is 5.69 Å². The Morgan fingerprint density at radius 1 is 0.939 bits per heavy atom. The lowest BCUT2D eigenvalue weighted by Gasteiger charge is -2.16. The van der Waals surface area contributed by atoms with Crippen LogP contribution in [0.25, 0.3) is 5.57 Å². The maximum atomic E-state index is 12.8. The predicted molar refractivity (Wildman–Crippen MR) is 126 cm³/mol. The molecule has 1 aliphatic heterocycles. The van der Waals surface area contributed by atoms with Crippen LogP contribution in [-0.4, -0.2) is 28.9 Å². The van der Waals surface area contributed by atoms with Gasteiger partial charge in [-0.2, -0.15) is 0 Å². The van der Waals surface area contributed by atoms with Gasteiger partial charge in [-0.15, -0.1) is 0 Å². The minimum atomic E-state index is -0.461. The fourth-order valence-electron chi connectivity index (χ4n) is 4.54. The number of amides is 1. The second-order valence-electron chi connectivity index (χ2n) is 7.70. The Morgan fingerprint density at radius 2 is 1.52 bits per heavy atom. The molecule has 0 radical (unpaired) electrons. The van der Waals surface area contributed by atoms with Crippen molar-refractivity contribution in [1.29, 1.82) is 0 Å². The number of carbonyl (C=O) groups is 2. The number of aromatic nitrogens is 1. The van der Waals surface area contributed by atoms with Crippen molar-refractivity contribution in [3.8, 4) is 0 Å². The maximum Gasteiger partial charge on any atom is 0.354 e. The molecule has 0 spiro atoms. The van der Waals surface area contributed by atoms with Crippen molar-refractivity contribution in [2.75, 3.05) is 7.11 Å². The average molecular weight is 452 g/mol. The number of hydrogen-bond acceptors (Lipinski definition) is 5. The van der Waals surface area contributed by atoms with E-state index < -0.39 is 10.9 Å². The van der Waals surface area contributed by atoms with Crippen LogP contribution in [0.5, 0.6) is 0 Å². The van der Waals surface area contributed by atoms with Crippen molar-refractivity contribution in [2.45, 2.75) is 53.4 Å². The SMILES string of the molecule is CCC1=C(CC)/C(=C(/c2ccc([N+](=O)[O-])cc2)c2[nH]c(C(=O)OC)c(CC)c2CC)NC1=O. The molecule has 1 aromatic heterocycles. The topological polar surface area (TPSA) is 114 Å². The Hall–Kier alpha value is -3.68. The van der Waals surface area contributed by atoms with E-state index in [2.05, 4.69) is 10.3 Å². The number of esters is 1. The Bertz CT molecular complexity index is 1170. The Kier molecular flexibility index (Phi) is 7.16. The number of hydrogen-bond donors (Lipinski definition) is 2. The van der Waals surface area contributed by atoms with Gasteiger partial charge in [-0.1, -0.05) is 27.7 Å². The van der Waals surface area contributed by atoms with Crippen molar-refractivity contribution >= 4 is 23.1 Å². The third-order valence-corrected chi connectivity index (χ3v) is 6.07. The minimum absolute atomic E-state index is 0.0224. The highest BCUT2D eigenvalue weighted by atomic mass is 16.6. The van der Waals surface area contributed by atoms with E-state index in [9.17, 15) is 19.7 Å². The number of allylic oxidation sites excluding steroid dienone is 1. The molecule has 0 aliphatic carbocycles. The number of rotatable bonds is 8. The normalized spacial score (nSPS) is 15.0. The van der Waals surface area contributed by atoms with E-state index in [1.165, 1.54) is 19.2 Å². The Morgan fingerprint density at radius 3 is 2.00 bits per heavy atom. The lowest BCUT2D eigenvalue weighted by Crippen LogP contribution is -2.18. The van der Waals surface area contributed by atoms with Gasteiger partial charge in [-0.05, 0) is 60.1 Å². The molecule has 174 valence electrons. The number of ether oxygens (including phenoxy) is 1. The van der Waals surface area contributed by atoms with Crippen LogP contribution in [0.2, 0.25) is 0 Å². The third kappa shape index (κ3) is 4.20. The molecule has 2 aromatic rings. The molecular weight excluding hydrogens is 422 g/mol. The number of nitro groups is 1. The summed E-state index contributed by atoms with van der Waals surface area (Å²) in [6.07, 6.45) is 2.50. The van der Waals surface area contributed by atoms with Crippen LogP contribution >= 0.6 is 0 Å². The number of carbonyl (C=O) groups excluding carboxylic acids is 2. The third-order valence-electron chi connectivity index (χ3n) is 6.07. The standard InChI is InChI=1S/C25H29N3O5/c1-6-16-17(7-2)23(25(30)33-5)26-21(16)20(14-10-12-15(13-11-14)28(31)32)22-18(8-3)19(9-4)24(29)27-22/h10-13,26H,6-9H2,1-5H3,(H,27,29)/b22-20+. The summed E-state index contributed by atoms with van der Waals surface area (Å²) >= 11 is 0. The molecule has 8 nitrogen and oxygen atoms in total. The van der Waals surface area contributed by atoms with Crippen molar-refractivity contribution in [2.24, 2.45) is 0 Å². The zero-order chi connectivity index (χ0) is 24.3. The fraction of sp³-hybridized carbons (Fsp3) is 0.360. The summed E-state index contributed by atoms with van der Waals surface area (Å²) in [6, 6.07) is 6.24. The van der Waals surface area contributed by atoms with Crippen molar-refractivity contribution < 1.29 is 19.2 Å².